The van der Waals surface area contributed by atoms with Crippen molar-refractivity contribution in [1.82, 2.24) is 10.2 Å². The molecule has 5 nitrogen and oxygen atoms in total. The van der Waals surface area contributed by atoms with Crippen LogP contribution >= 0.6 is 27.3 Å². The Labute approximate surface area is 125 Å². The van der Waals surface area contributed by atoms with Crippen LogP contribution in [0.15, 0.2) is 15.9 Å². The van der Waals surface area contributed by atoms with Gasteiger partial charge in [0, 0.05) is 13.6 Å². The van der Waals surface area contributed by atoms with Gasteiger partial charge in [0.05, 0.1) is 15.2 Å². The van der Waals surface area contributed by atoms with Gasteiger partial charge in [-0.15, -0.1) is 11.3 Å². The number of hydrogen-bond acceptors (Lipinski definition) is 4. The molecule has 19 heavy (non-hydrogen) atoms. The number of hydrogen-bond donors (Lipinski definition) is 2. The van der Waals surface area contributed by atoms with Crippen LogP contribution in [-0.2, 0) is 4.79 Å². The Hall–Kier alpha value is -0.920. The highest BCUT2D eigenvalue weighted by molar-refractivity contribution is 9.11. The standard InChI is InChI=1S/C12H18BrN3O2S/c1-16(8-11(17)15-7-3-2-6-14)12(18)9-4-5-10(13)19-9/h4-5H,2-3,6-8,14H2,1H3,(H,15,17). The third-order valence-electron chi connectivity index (χ3n) is 2.46. The van der Waals surface area contributed by atoms with Gasteiger partial charge in [-0.05, 0) is 47.4 Å². The molecule has 0 saturated carbocycles. The normalized spacial score (nSPS) is 10.3. The number of carbonyl (C=O) groups excluding carboxylic acids is 2. The molecule has 0 aliphatic rings. The van der Waals surface area contributed by atoms with Crippen molar-refractivity contribution in [1.29, 1.82) is 0 Å². The number of likely N-dealkylation sites (N-methyl/N-ethyl adjacent to an activating group) is 1. The molecular weight excluding hydrogens is 330 g/mol. The molecule has 1 heterocycles. The van der Waals surface area contributed by atoms with E-state index in [-0.39, 0.29) is 18.4 Å². The van der Waals surface area contributed by atoms with Crippen LogP contribution in [-0.4, -0.2) is 43.4 Å². The largest absolute Gasteiger partial charge is 0.355 e. The summed E-state index contributed by atoms with van der Waals surface area (Å²) in [5, 5.41) is 2.77. The Bertz CT molecular complexity index is 436. The molecule has 1 rings (SSSR count). The molecule has 0 aliphatic carbocycles. The maximum atomic E-state index is 12.0. The molecule has 1 aromatic heterocycles. The summed E-state index contributed by atoms with van der Waals surface area (Å²) >= 11 is 4.66. The Kier molecular flexibility index (Phi) is 7.04. The van der Waals surface area contributed by atoms with Gasteiger partial charge in [0.15, 0.2) is 0 Å². The third-order valence-corrected chi connectivity index (χ3v) is 4.08. The third kappa shape index (κ3) is 5.71. The maximum Gasteiger partial charge on any atom is 0.264 e. The fraction of sp³-hybridized carbons (Fsp3) is 0.500. The summed E-state index contributed by atoms with van der Waals surface area (Å²) in [5.74, 6) is -0.295. The van der Waals surface area contributed by atoms with E-state index in [1.807, 2.05) is 6.07 Å². The van der Waals surface area contributed by atoms with E-state index in [2.05, 4.69) is 21.2 Å². The highest BCUT2D eigenvalue weighted by Crippen LogP contribution is 2.22. The zero-order valence-corrected chi connectivity index (χ0v) is 13.2. The van der Waals surface area contributed by atoms with Crippen LogP contribution in [0.2, 0.25) is 0 Å². The first-order valence-electron chi connectivity index (χ1n) is 6.02. The average Bonchev–Trinajstić information content (AvgIpc) is 2.80. The quantitative estimate of drug-likeness (QED) is 0.732. The van der Waals surface area contributed by atoms with Gasteiger partial charge in [-0.25, -0.2) is 0 Å². The lowest BCUT2D eigenvalue weighted by Gasteiger charge is -2.15. The van der Waals surface area contributed by atoms with Crippen molar-refractivity contribution >= 4 is 39.1 Å². The molecule has 0 fully saturated rings. The summed E-state index contributed by atoms with van der Waals surface area (Å²) in [6, 6.07) is 3.56. The van der Waals surface area contributed by atoms with Crippen LogP contribution in [0.5, 0.6) is 0 Å². The Morgan fingerprint density at radius 1 is 1.42 bits per heavy atom. The SMILES string of the molecule is CN(CC(=O)NCCCCN)C(=O)c1ccc(Br)s1. The number of rotatable bonds is 7. The minimum absolute atomic E-state index is 0.0664. The number of nitrogens with two attached hydrogens (primary N) is 1. The number of carbonyl (C=O) groups is 2. The highest BCUT2D eigenvalue weighted by Gasteiger charge is 2.16. The van der Waals surface area contributed by atoms with Gasteiger partial charge in [-0.3, -0.25) is 9.59 Å². The van der Waals surface area contributed by atoms with E-state index in [0.717, 1.165) is 16.6 Å². The summed E-state index contributed by atoms with van der Waals surface area (Å²) in [6.45, 7) is 1.29. The monoisotopic (exact) mass is 347 g/mol. The van der Waals surface area contributed by atoms with Crippen LogP contribution in [0.1, 0.15) is 22.5 Å². The van der Waals surface area contributed by atoms with Crippen LogP contribution in [0.4, 0.5) is 0 Å². The molecule has 2 amide bonds. The molecule has 1 aromatic rings. The molecule has 0 saturated heterocycles. The summed E-state index contributed by atoms with van der Waals surface area (Å²) in [4.78, 5) is 25.6. The molecule has 0 atom stereocenters. The Morgan fingerprint density at radius 2 is 2.16 bits per heavy atom. The summed E-state index contributed by atoms with van der Waals surface area (Å²) < 4.78 is 0.899. The van der Waals surface area contributed by atoms with Gasteiger partial charge in [0.2, 0.25) is 5.91 Å². The van der Waals surface area contributed by atoms with Crippen molar-refractivity contribution in [3.05, 3.63) is 20.8 Å². The van der Waals surface area contributed by atoms with Gasteiger partial charge < -0.3 is 16.0 Å². The van der Waals surface area contributed by atoms with Gasteiger partial charge >= 0.3 is 0 Å². The lowest BCUT2D eigenvalue weighted by molar-refractivity contribution is -0.121. The zero-order chi connectivity index (χ0) is 14.3. The lowest BCUT2D eigenvalue weighted by atomic mass is 10.3. The molecule has 3 N–H and O–H groups in total. The van der Waals surface area contributed by atoms with E-state index >= 15 is 0 Å². The molecule has 0 bridgehead atoms. The van der Waals surface area contributed by atoms with Crippen molar-refractivity contribution in [2.24, 2.45) is 5.73 Å². The molecule has 0 aromatic carbocycles. The smallest absolute Gasteiger partial charge is 0.264 e. The first-order valence-corrected chi connectivity index (χ1v) is 7.63. The first-order chi connectivity index (χ1) is 9.04. The van der Waals surface area contributed by atoms with Crippen molar-refractivity contribution < 1.29 is 9.59 Å². The summed E-state index contributed by atoms with van der Waals surface area (Å²) in [6.07, 6.45) is 1.75. The first kappa shape index (κ1) is 16.1. The molecule has 106 valence electrons. The lowest BCUT2D eigenvalue weighted by Crippen LogP contribution is -2.38. The summed E-state index contributed by atoms with van der Waals surface area (Å²) in [5.41, 5.74) is 5.36. The van der Waals surface area contributed by atoms with E-state index in [0.29, 0.717) is 18.0 Å². The highest BCUT2D eigenvalue weighted by atomic mass is 79.9. The topological polar surface area (TPSA) is 75.4 Å². The van der Waals surface area contributed by atoms with Gasteiger partial charge in [0.1, 0.15) is 0 Å². The fourth-order valence-electron chi connectivity index (χ4n) is 1.46. The van der Waals surface area contributed by atoms with E-state index in [1.165, 1.54) is 16.2 Å². The fourth-order valence-corrected chi connectivity index (χ4v) is 2.84. The van der Waals surface area contributed by atoms with Gasteiger partial charge in [0.25, 0.3) is 5.91 Å². The molecule has 0 unspecified atom stereocenters. The molecule has 7 heteroatoms. The van der Waals surface area contributed by atoms with Gasteiger partial charge in [-0.2, -0.15) is 0 Å². The van der Waals surface area contributed by atoms with Crippen LogP contribution < -0.4 is 11.1 Å². The number of unbranched alkanes of at least 4 members (excludes halogenated alkanes) is 1. The van der Waals surface area contributed by atoms with E-state index in [4.69, 9.17) is 5.73 Å². The number of nitrogens with one attached hydrogen (secondary N) is 1. The predicted octanol–water partition coefficient (Wildman–Crippen LogP) is 1.44. The van der Waals surface area contributed by atoms with Crippen molar-refractivity contribution in [2.75, 3.05) is 26.7 Å². The van der Waals surface area contributed by atoms with E-state index < -0.39 is 0 Å². The van der Waals surface area contributed by atoms with Crippen LogP contribution in [0.3, 0.4) is 0 Å². The number of nitrogens with zero attached hydrogens (tertiary/aromatic N) is 1. The van der Waals surface area contributed by atoms with Crippen molar-refractivity contribution in [3.63, 3.8) is 0 Å². The molecule has 0 aliphatic heterocycles. The number of thiophene rings is 1. The number of halogens is 1. The average molecular weight is 348 g/mol. The zero-order valence-electron chi connectivity index (χ0n) is 10.8. The van der Waals surface area contributed by atoms with Crippen LogP contribution in [0, 0.1) is 0 Å². The Balaban J connectivity index is 2.35. The minimum atomic E-state index is -0.150. The second kappa shape index (κ2) is 8.29. The Morgan fingerprint density at radius 3 is 2.74 bits per heavy atom. The van der Waals surface area contributed by atoms with Crippen LogP contribution in [0.25, 0.3) is 0 Å². The summed E-state index contributed by atoms with van der Waals surface area (Å²) in [7, 11) is 1.62. The van der Waals surface area contributed by atoms with Gasteiger partial charge in [-0.1, -0.05) is 0 Å². The molecular formula is C12H18BrN3O2S. The maximum absolute atomic E-state index is 12.0. The minimum Gasteiger partial charge on any atom is -0.355 e. The van der Waals surface area contributed by atoms with E-state index in [9.17, 15) is 9.59 Å². The van der Waals surface area contributed by atoms with E-state index in [1.54, 1.807) is 13.1 Å². The predicted molar refractivity (Wildman–Crippen MR) is 80.3 cm³/mol. The van der Waals surface area contributed by atoms with Crippen molar-refractivity contribution in [2.45, 2.75) is 12.8 Å². The molecule has 0 spiro atoms. The second-order valence-electron chi connectivity index (χ2n) is 4.11. The molecule has 0 radical (unpaired) electrons. The second-order valence-corrected chi connectivity index (χ2v) is 6.57. The van der Waals surface area contributed by atoms with Crippen molar-refractivity contribution in [3.8, 4) is 0 Å². The number of amides is 2.